The number of nitrogens with zero attached hydrogens (tertiary/aromatic N) is 2. The fourth-order valence-electron chi connectivity index (χ4n) is 6.78. The van der Waals surface area contributed by atoms with Gasteiger partial charge >= 0.3 is 0 Å². The molecular formula is C33H25N3O4. The zero-order valence-electron chi connectivity index (χ0n) is 21.7. The number of Topliss-reactive ketones (excluding diaryl/α,β-unsaturated/α-hetero) is 2. The quantitative estimate of drug-likeness (QED) is 0.365. The molecule has 0 bridgehead atoms. The Labute approximate surface area is 231 Å². The lowest BCUT2D eigenvalue weighted by Crippen LogP contribution is -2.49. The molecule has 1 amide bonds. The molecule has 196 valence electrons. The molecule has 0 radical (unpaired) electrons. The Bertz CT molecular complexity index is 1700. The first-order valence-electron chi connectivity index (χ1n) is 13.1. The summed E-state index contributed by atoms with van der Waals surface area (Å²) in [7, 11) is 1.57. The lowest BCUT2D eigenvalue weighted by atomic mass is 9.62. The monoisotopic (exact) mass is 527 g/mol. The number of nitrogens with one attached hydrogen (secondary N) is 1. The summed E-state index contributed by atoms with van der Waals surface area (Å²) in [5.41, 5.74) is 2.64. The molecule has 1 N–H and O–H groups in total. The molecule has 1 spiro atoms. The van der Waals surface area contributed by atoms with Crippen molar-refractivity contribution in [2.24, 2.45) is 5.92 Å². The summed E-state index contributed by atoms with van der Waals surface area (Å²) in [6.45, 7) is 0. The van der Waals surface area contributed by atoms with Crippen molar-refractivity contribution in [2.75, 3.05) is 12.4 Å². The summed E-state index contributed by atoms with van der Waals surface area (Å²) in [4.78, 5) is 49.6. The molecular weight excluding hydrogens is 502 g/mol. The molecule has 4 atom stereocenters. The third kappa shape index (κ3) is 3.24. The number of ketones is 2. The lowest BCUT2D eigenvalue weighted by molar-refractivity contribution is -0.122. The van der Waals surface area contributed by atoms with Crippen LogP contribution < -0.4 is 10.1 Å². The number of methoxy groups -OCH3 is 1. The Morgan fingerprint density at radius 2 is 1.68 bits per heavy atom. The lowest BCUT2D eigenvalue weighted by Gasteiger charge is -2.38. The maximum Gasteiger partial charge on any atom is 0.238 e. The Kier molecular flexibility index (Phi) is 5.42. The number of benzene rings is 3. The number of carbonyl (C=O) groups is 3. The van der Waals surface area contributed by atoms with E-state index in [0.29, 0.717) is 28.1 Å². The van der Waals surface area contributed by atoms with Crippen LogP contribution in [0.5, 0.6) is 5.75 Å². The molecule has 4 aromatic rings. The van der Waals surface area contributed by atoms with Gasteiger partial charge in [-0.1, -0.05) is 42.5 Å². The summed E-state index contributed by atoms with van der Waals surface area (Å²) in [5.74, 6) is -1.24. The minimum Gasteiger partial charge on any atom is -0.497 e. The second kappa shape index (κ2) is 9.02. The SMILES string of the molecule is COc1ccc(C(=O)C2C(C(=O)c3cccnc3)C3(C(=O)Nc4ccccc43)C3c4ccccc4C=CN23)cc1. The summed E-state index contributed by atoms with van der Waals surface area (Å²) in [6, 6.07) is 24.0. The number of ether oxygens (including phenoxy) is 1. The van der Waals surface area contributed by atoms with Gasteiger partial charge < -0.3 is 15.0 Å². The van der Waals surface area contributed by atoms with Crippen LogP contribution in [-0.2, 0) is 10.2 Å². The number of aromatic nitrogens is 1. The summed E-state index contributed by atoms with van der Waals surface area (Å²) >= 11 is 0. The van der Waals surface area contributed by atoms with E-state index in [4.69, 9.17) is 4.74 Å². The van der Waals surface area contributed by atoms with Crippen LogP contribution in [0.4, 0.5) is 5.69 Å². The van der Waals surface area contributed by atoms with Crippen LogP contribution in [0, 0.1) is 5.92 Å². The molecule has 7 rings (SSSR count). The molecule has 7 heteroatoms. The number of fused-ring (bicyclic) bond motifs is 6. The van der Waals surface area contributed by atoms with E-state index in [-0.39, 0.29) is 17.5 Å². The van der Waals surface area contributed by atoms with E-state index < -0.39 is 23.4 Å². The maximum absolute atomic E-state index is 14.6. The molecule has 4 unspecified atom stereocenters. The molecule has 3 aliphatic heterocycles. The average molecular weight is 528 g/mol. The molecule has 1 fully saturated rings. The van der Waals surface area contributed by atoms with Gasteiger partial charge in [0.1, 0.15) is 17.2 Å². The third-order valence-electron chi connectivity index (χ3n) is 8.44. The highest BCUT2D eigenvalue weighted by Gasteiger charge is 2.70. The molecule has 3 aromatic carbocycles. The van der Waals surface area contributed by atoms with Gasteiger partial charge in [-0.25, -0.2) is 0 Å². The van der Waals surface area contributed by atoms with Crippen molar-refractivity contribution >= 4 is 29.2 Å². The third-order valence-corrected chi connectivity index (χ3v) is 8.44. The first-order valence-corrected chi connectivity index (χ1v) is 13.1. The van der Waals surface area contributed by atoms with Crippen LogP contribution in [-0.4, -0.2) is 40.5 Å². The van der Waals surface area contributed by atoms with Crippen LogP contribution in [0.2, 0.25) is 0 Å². The molecule has 1 saturated heterocycles. The summed E-state index contributed by atoms with van der Waals surface area (Å²) < 4.78 is 5.30. The predicted octanol–water partition coefficient (Wildman–Crippen LogP) is 5.07. The number of rotatable bonds is 5. The van der Waals surface area contributed by atoms with Gasteiger partial charge in [-0.3, -0.25) is 19.4 Å². The van der Waals surface area contributed by atoms with Crippen molar-refractivity contribution in [3.05, 3.63) is 131 Å². The molecule has 3 aliphatic rings. The van der Waals surface area contributed by atoms with Gasteiger partial charge in [-0.05, 0) is 65.2 Å². The van der Waals surface area contributed by atoms with Gasteiger partial charge in [0, 0.05) is 35.4 Å². The zero-order chi connectivity index (χ0) is 27.4. The Hall–Kier alpha value is -5.04. The topological polar surface area (TPSA) is 88.6 Å². The largest absolute Gasteiger partial charge is 0.497 e. The molecule has 0 saturated carbocycles. The van der Waals surface area contributed by atoms with Crippen molar-refractivity contribution in [3.63, 3.8) is 0 Å². The molecule has 7 nitrogen and oxygen atoms in total. The van der Waals surface area contributed by atoms with Crippen molar-refractivity contribution in [2.45, 2.75) is 17.5 Å². The molecule has 40 heavy (non-hydrogen) atoms. The van der Waals surface area contributed by atoms with Gasteiger partial charge in [0.2, 0.25) is 5.91 Å². The van der Waals surface area contributed by atoms with E-state index in [1.807, 2.05) is 65.7 Å². The number of hydrogen-bond donors (Lipinski definition) is 1. The normalized spacial score (nSPS) is 23.8. The van der Waals surface area contributed by atoms with Crippen LogP contribution in [0.1, 0.15) is 43.4 Å². The van der Waals surface area contributed by atoms with E-state index in [9.17, 15) is 14.4 Å². The van der Waals surface area contributed by atoms with Crippen molar-refractivity contribution in [1.82, 2.24) is 9.88 Å². The average Bonchev–Trinajstić information content (AvgIpc) is 3.49. The van der Waals surface area contributed by atoms with E-state index in [0.717, 1.165) is 11.1 Å². The number of para-hydroxylation sites is 1. The smallest absolute Gasteiger partial charge is 0.238 e. The number of hydrogen-bond acceptors (Lipinski definition) is 6. The van der Waals surface area contributed by atoms with Crippen molar-refractivity contribution in [1.29, 1.82) is 0 Å². The highest BCUT2D eigenvalue weighted by Crippen LogP contribution is 2.62. The fourth-order valence-corrected chi connectivity index (χ4v) is 6.78. The highest BCUT2D eigenvalue weighted by molar-refractivity contribution is 6.16. The van der Waals surface area contributed by atoms with E-state index in [1.54, 1.807) is 49.7 Å². The van der Waals surface area contributed by atoms with E-state index >= 15 is 0 Å². The van der Waals surface area contributed by atoms with Gasteiger partial charge in [-0.15, -0.1) is 0 Å². The summed E-state index contributed by atoms with van der Waals surface area (Å²) in [6.07, 6.45) is 6.92. The number of carbonyl (C=O) groups excluding carboxylic acids is 3. The molecule has 1 aromatic heterocycles. The first kappa shape index (κ1) is 24.0. The second-order valence-electron chi connectivity index (χ2n) is 10.3. The van der Waals surface area contributed by atoms with Gasteiger partial charge in [-0.2, -0.15) is 0 Å². The highest BCUT2D eigenvalue weighted by atomic mass is 16.5. The molecule has 4 heterocycles. The summed E-state index contributed by atoms with van der Waals surface area (Å²) in [5, 5.41) is 3.06. The Balaban J connectivity index is 1.52. The number of amides is 1. The zero-order valence-corrected chi connectivity index (χ0v) is 21.7. The van der Waals surface area contributed by atoms with Gasteiger partial charge in [0.15, 0.2) is 11.6 Å². The standard InChI is InChI=1S/C33H25N3O4/c1-40-23-14-12-21(13-15-23)30(38)28-27(29(37)22-8-6-17-34-19-22)33(25-10-4-5-11-26(25)35-32(33)39)31-24-9-3-2-7-20(24)16-18-36(28)31/h2-19,27-28,31H,1H3,(H,35,39). The predicted molar refractivity (Wildman–Crippen MR) is 150 cm³/mol. The second-order valence-corrected chi connectivity index (χ2v) is 10.3. The minimum absolute atomic E-state index is 0.243. The fraction of sp³-hybridized carbons (Fsp3) is 0.152. The van der Waals surface area contributed by atoms with Gasteiger partial charge in [0.25, 0.3) is 0 Å². The van der Waals surface area contributed by atoms with Crippen LogP contribution in [0.3, 0.4) is 0 Å². The van der Waals surface area contributed by atoms with Crippen LogP contribution in [0.25, 0.3) is 6.08 Å². The van der Waals surface area contributed by atoms with E-state index in [2.05, 4.69) is 10.3 Å². The van der Waals surface area contributed by atoms with Crippen LogP contribution in [0.15, 0.2) is 104 Å². The Morgan fingerprint density at radius 1 is 0.900 bits per heavy atom. The maximum atomic E-state index is 14.6. The van der Waals surface area contributed by atoms with Crippen LogP contribution >= 0.6 is 0 Å². The molecule has 0 aliphatic carbocycles. The van der Waals surface area contributed by atoms with E-state index in [1.165, 1.54) is 6.20 Å². The number of pyridine rings is 1. The first-order chi connectivity index (χ1) is 19.6. The van der Waals surface area contributed by atoms with Gasteiger partial charge in [0.05, 0.1) is 19.1 Å². The Morgan fingerprint density at radius 3 is 2.45 bits per heavy atom. The number of anilines is 1. The van der Waals surface area contributed by atoms with Crippen molar-refractivity contribution < 1.29 is 19.1 Å². The minimum atomic E-state index is -1.36. The van der Waals surface area contributed by atoms with Crippen molar-refractivity contribution in [3.8, 4) is 5.75 Å².